The Morgan fingerprint density at radius 1 is 1.02 bits per heavy atom. The SMILES string of the molecule is [B]C([B])([B])N(CCn1cc(-c2cc3nc(-n4ccc(-c5cccc(C)c5)n4)cc(N4CCOCC4)c3o2)cn1)C([B])(O)O. The average molecular weight is 569 g/mol. The highest BCUT2D eigenvalue weighted by Crippen LogP contribution is 2.35. The predicted octanol–water partition coefficient (Wildman–Crippen LogP) is 0.872. The van der Waals surface area contributed by atoms with Crippen molar-refractivity contribution >= 4 is 48.2 Å². The number of rotatable bonds is 9. The van der Waals surface area contributed by atoms with E-state index in [-0.39, 0.29) is 13.1 Å². The number of nitrogens with zero attached hydrogens (tertiary/aromatic N) is 7. The van der Waals surface area contributed by atoms with Crippen molar-refractivity contribution in [3.05, 3.63) is 66.6 Å². The standard InChI is InChI=1S/C28H27B4N7O4/c1-18-3-2-4-19(13-18)21-5-6-38(35-21)25-15-23(36-9-11-42-12-10-36)26-22(34-25)14-24(43-26)20-16-33-37(17-20)7-8-39(27(29,30)31)28(32,40)41/h2-6,13-17,40-41H,7-12H2,1H3. The Hall–Kier alpha value is -3.77. The lowest BCUT2D eigenvalue weighted by Crippen LogP contribution is -2.63. The maximum Gasteiger partial charge on any atom is 0.178 e. The summed E-state index contributed by atoms with van der Waals surface area (Å²) in [6.07, 6.45) is 5.27. The van der Waals surface area contributed by atoms with E-state index in [0.717, 1.165) is 27.4 Å². The second kappa shape index (κ2) is 11.4. The largest absolute Gasteiger partial charge is 0.452 e. The maximum atomic E-state index is 9.81. The fourth-order valence-corrected chi connectivity index (χ4v) is 5.16. The minimum atomic E-state index is -2.82. The molecule has 210 valence electrons. The monoisotopic (exact) mass is 569 g/mol. The quantitative estimate of drug-likeness (QED) is 0.197. The highest BCUT2D eigenvalue weighted by Gasteiger charge is 2.33. The van der Waals surface area contributed by atoms with Crippen molar-refractivity contribution in [2.24, 2.45) is 0 Å². The summed E-state index contributed by atoms with van der Waals surface area (Å²) in [6.45, 7) is 4.74. The van der Waals surface area contributed by atoms with Crippen LogP contribution in [0.2, 0.25) is 0 Å². The first kappa shape index (κ1) is 29.3. The summed E-state index contributed by atoms with van der Waals surface area (Å²) >= 11 is 0. The minimum absolute atomic E-state index is 0.102. The lowest BCUT2D eigenvalue weighted by Gasteiger charge is -2.44. The zero-order valence-corrected chi connectivity index (χ0v) is 23.7. The van der Waals surface area contributed by atoms with Gasteiger partial charge in [0.1, 0.15) is 11.3 Å². The Balaban J connectivity index is 1.32. The van der Waals surface area contributed by atoms with Gasteiger partial charge in [0, 0.05) is 49.7 Å². The summed E-state index contributed by atoms with van der Waals surface area (Å²) in [6, 6.07) is 14.0. The summed E-state index contributed by atoms with van der Waals surface area (Å²) in [7, 11) is 22.3. The van der Waals surface area contributed by atoms with E-state index in [1.54, 1.807) is 21.8 Å². The van der Waals surface area contributed by atoms with Gasteiger partial charge in [-0.3, -0.25) is 9.58 Å². The topological polar surface area (TPSA) is 118 Å². The van der Waals surface area contributed by atoms with Crippen molar-refractivity contribution in [2.45, 2.75) is 24.5 Å². The molecule has 6 rings (SSSR count). The molecule has 5 aromatic rings. The van der Waals surface area contributed by atoms with Crippen molar-refractivity contribution in [3.63, 3.8) is 0 Å². The first-order valence-electron chi connectivity index (χ1n) is 13.8. The molecule has 0 saturated carbocycles. The van der Waals surface area contributed by atoms with Gasteiger partial charge in [-0.1, -0.05) is 29.0 Å². The number of pyridine rings is 1. The lowest BCUT2D eigenvalue weighted by molar-refractivity contribution is -0.200. The number of ether oxygens (including phenoxy) is 1. The van der Waals surface area contributed by atoms with Crippen LogP contribution in [-0.4, -0.2) is 115 Å². The Morgan fingerprint density at radius 3 is 2.53 bits per heavy atom. The van der Waals surface area contributed by atoms with Crippen molar-refractivity contribution in [1.29, 1.82) is 0 Å². The number of anilines is 1. The van der Waals surface area contributed by atoms with Crippen molar-refractivity contribution in [2.75, 3.05) is 37.7 Å². The summed E-state index contributed by atoms with van der Waals surface area (Å²) in [5.74, 6) is -1.61. The first-order valence-corrected chi connectivity index (χ1v) is 13.8. The van der Waals surface area contributed by atoms with Gasteiger partial charge in [0.25, 0.3) is 0 Å². The number of aryl methyl sites for hydroxylation is 1. The van der Waals surface area contributed by atoms with Gasteiger partial charge < -0.3 is 24.3 Å². The van der Waals surface area contributed by atoms with Crippen LogP contribution in [0.1, 0.15) is 5.56 Å². The van der Waals surface area contributed by atoms with E-state index in [1.807, 2.05) is 36.5 Å². The Morgan fingerprint density at radius 2 is 1.81 bits per heavy atom. The number of fused-ring (bicyclic) bond motifs is 1. The molecule has 0 aliphatic carbocycles. The van der Waals surface area contributed by atoms with Gasteiger partial charge in [0.15, 0.2) is 25.1 Å². The van der Waals surface area contributed by atoms with Crippen molar-refractivity contribution in [3.8, 4) is 28.4 Å². The number of morpholine rings is 1. The lowest BCUT2D eigenvalue weighted by atomic mass is 9.48. The van der Waals surface area contributed by atoms with E-state index in [4.69, 9.17) is 50.6 Å². The highest BCUT2D eigenvalue weighted by atomic mass is 16.5. The highest BCUT2D eigenvalue weighted by molar-refractivity contribution is 6.59. The van der Waals surface area contributed by atoms with Crippen LogP contribution >= 0.6 is 0 Å². The van der Waals surface area contributed by atoms with E-state index in [2.05, 4.69) is 29.1 Å². The Bertz CT molecular complexity index is 1720. The zero-order valence-electron chi connectivity index (χ0n) is 23.7. The van der Waals surface area contributed by atoms with E-state index >= 15 is 0 Å². The first-order chi connectivity index (χ1) is 20.5. The molecule has 8 radical (unpaired) electrons. The molecule has 0 atom stereocenters. The summed E-state index contributed by atoms with van der Waals surface area (Å²) in [5.41, 5.74) is 5.92. The summed E-state index contributed by atoms with van der Waals surface area (Å²) in [4.78, 5) is 7.85. The van der Waals surface area contributed by atoms with Gasteiger partial charge in [0.05, 0.1) is 66.4 Å². The molecular weight excluding hydrogens is 542 g/mol. The fourth-order valence-electron chi connectivity index (χ4n) is 5.16. The maximum absolute atomic E-state index is 9.81. The van der Waals surface area contributed by atoms with Gasteiger partial charge in [-0.25, -0.2) is 9.67 Å². The molecule has 0 amide bonds. The third kappa shape index (κ3) is 6.30. The Kier molecular flexibility index (Phi) is 7.76. The molecule has 0 unspecified atom stereocenters. The summed E-state index contributed by atoms with van der Waals surface area (Å²) in [5, 5.41) is 26.7. The van der Waals surface area contributed by atoms with E-state index in [0.29, 0.717) is 54.5 Å². The van der Waals surface area contributed by atoms with Gasteiger partial charge in [-0.15, -0.1) is 0 Å². The molecule has 43 heavy (non-hydrogen) atoms. The molecule has 15 heteroatoms. The number of hydrogen-bond acceptors (Lipinski definition) is 9. The third-order valence-electron chi connectivity index (χ3n) is 7.27. The molecule has 4 aromatic heterocycles. The molecule has 11 nitrogen and oxygen atoms in total. The summed E-state index contributed by atoms with van der Waals surface area (Å²) < 4.78 is 15.3. The van der Waals surface area contributed by atoms with Crippen molar-refractivity contribution in [1.82, 2.24) is 29.4 Å². The number of aromatic nitrogens is 5. The fraction of sp³-hybridized carbons (Fsp3) is 0.321. The number of hydrogen-bond donors (Lipinski definition) is 2. The van der Waals surface area contributed by atoms with Crippen LogP contribution in [0.4, 0.5) is 5.69 Å². The number of benzene rings is 1. The molecule has 5 heterocycles. The zero-order chi connectivity index (χ0) is 30.4. The number of aliphatic hydroxyl groups is 2. The molecule has 0 spiro atoms. The molecule has 1 aliphatic rings. The number of furan rings is 1. The van der Waals surface area contributed by atoms with Gasteiger partial charge in [-0.05, 0) is 19.1 Å². The van der Waals surface area contributed by atoms with Crippen LogP contribution < -0.4 is 4.90 Å². The van der Waals surface area contributed by atoms with Crippen molar-refractivity contribution < 1.29 is 19.4 Å². The molecule has 2 N–H and O–H groups in total. The molecule has 1 fully saturated rings. The molecule has 1 saturated heterocycles. The van der Waals surface area contributed by atoms with Gasteiger partial charge in [-0.2, -0.15) is 10.2 Å². The average Bonchev–Trinajstić information content (AvgIpc) is 3.71. The second-order valence-corrected chi connectivity index (χ2v) is 10.7. The third-order valence-corrected chi connectivity index (χ3v) is 7.27. The van der Waals surface area contributed by atoms with Crippen LogP contribution in [-0.2, 0) is 11.3 Å². The van der Waals surface area contributed by atoms with Gasteiger partial charge >= 0.3 is 0 Å². The van der Waals surface area contributed by atoms with Crippen LogP contribution in [0.25, 0.3) is 39.5 Å². The van der Waals surface area contributed by atoms with E-state index < -0.39 is 11.0 Å². The minimum Gasteiger partial charge on any atom is -0.452 e. The van der Waals surface area contributed by atoms with E-state index in [9.17, 15) is 10.2 Å². The molecule has 1 aliphatic heterocycles. The normalized spacial score (nSPS) is 14.7. The smallest absolute Gasteiger partial charge is 0.178 e. The molecular formula is C28H27B4N7O4. The second-order valence-electron chi connectivity index (χ2n) is 10.7. The Labute approximate surface area is 254 Å². The van der Waals surface area contributed by atoms with Crippen LogP contribution in [0.15, 0.2) is 65.5 Å². The van der Waals surface area contributed by atoms with Crippen LogP contribution in [0, 0.1) is 6.92 Å². The van der Waals surface area contributed by atoms with Crippen LogP contribution in [0.3, 0.4) is 0 Å². The molecule has 1 aromatic carbocycles. The van der Waals surface area contributed by atoms with E-state index in [1.165, 1.54) is 0 Å². The predicted molar refractivity (Wildman–Crippen MR) is 165 cm³/mol. The van der Waals surface area contributed by atoms with Gasteiger partial charge in [0.2, 0.25) is 0 Å². The van der Waals surface area contributed by atoms with Crippen LogP contribution in [0.5, 0.6) is 0 Å². The molecule has 0 bridgehead atoms.